The summed E-state index contributed by atoms with van der Waals surface area (Å²) in [4.78, 5) is 17.4. The molecular weight excluding hydrogens is 372 g/mol. The number of hydrogen-bond acceptors (Lipinski definition) is 4. The highest BCUT2D eigenvalue weighted by Crippen LogP contribution is 2.31. The van der Waals surface area contributed by atoms with Crippen molar-refractivity contribution < 1.29 is 9.53 Å². The Morgan fingerprint density at radius 3 is 2.37 bits per heavy atom. The van der Waals surface area contributed by atoms with Crippen molar-refractivity contribution in [1.29, 1.82) is 0 Å². The van der Waals surface area contributed by atoms with Crippen LogP contribution in [0, 0.1) is 0 Å². The predicted octanol–water partition coefficient (Wildman–Crippen LogP) is 6.60. The Hall–Kier alpha value is -3.66. The highest BCUT2D eigenvalue weighted by Gasteiger charge is 2.21. The van der Waals surface area contributed by atoms with E-state index in [1.54, 1.807) is 6.20 Å². The first-order valence-corrected chi connectivity index (χ1v) is 9.94. The van der Waals surface area contributed by atoms with Gasteiger partial charge in [-0.2, -0.15) is 0 Å². The number of carbonyl (C=O) groups is 1. The van der Waals surface area contributed by atoms with Crippen molar-refractivity contribution in [2.24, 2.45) is 0 Å². The average Bonchev–Trinajstić information content (AvgIpc) is 2.73. The van der Waals surface area contributed by atoms with E-state index in [4.69, 9.17) is 4.74 Å². The lowest BCUT2D eigenvalue weighted by Gasteiger charge is -2.21. The van der Waals surface area contributed by atoms with E-state index in [0.717, 1.165) is 27.7 Å². The van der Waals surface area contributed by atoms with Crippen LogP contribution in [0.5, 0.6) is 0 Å². The van der Waals surface area contributed by atoms with E-state index in [1.807, 2.05) is 99.6 Å². The topological polar surface area (TPSA) is 51.2 Å². The van der Waals surface area contributed by atoms with E-state index in [9.17, 15) is 4.79 Å². The zero-order valence-corrected chi connectivity index (χ0v) is 17.3. The van der Waals surface area contributed by atoms with Gasteiger partial charge in [0.25, 0.3) is 0 Å². The van der Waals surface area contributed by atoms with Crippen molar-refractivity contribution in [3.8, 4) is 11.1 Å². The smallest absolute Gasteiger partial charge is 0.340 e. The van der Waals surface area contributed by atoms with Crippen LogP contribution < -0.4 is 5.32 Å². The summed E-state index contributed by atoms with van der Waals surface area (Å²) in [6, 6.07) is 25.7. The number of carbonyl (C=O) groups excluding carboxylic acids is 1. The number of esters is 1. The molecule has 30 heavy (non-hydrogen) atoms. The van der Waals surface area contributed by atoms with Gasteiger partial charge in [-0.3, -0.25) is 4.98 Å². The second-order valence-corrected chi connectivity index (χ2v) is 8.13. The van der Waals surface area contributed by atoms with Gasteiger partial charge in [0.05, 0.1) is 22.5 Å². The van der Waals surface area contributed by atoms with Crippen molar-refractivity contribution >= 4 is 28.2 Å². The number of anilines is 2. The first-order chi connectivity index (χ1) is 14.4. The van der Waals surface area contributed by atoms with Gasteiger partial charge < -0.3 is 10.1 Å². The van der Waals surface area contributed by atoms with Crippen molar-refractivity contribution in [2.75, 3.05) is 5.32 Å². The van der Waals surface area contributed by atoms with Gasteiger partial charge >= 0.3 is 5.97 Å². The van der Waals surface area contributed by atoms with Crippen molar-refractivity contribution in [3.05, 3.63) is 90.6 Å². The molecule has 1 heterocycles. The number of nitrogens with one attached hydrogen (secondary N) is 1. The lowest BCUT2D eigenvalue weighted by molar-refractivity contribution is 0.00708. The molecule has 0 saturated carbocycles. The lowest BCUT2D eigenvalue weighted by Crippen LogP contribution is -2.24. The summed E-state index contributed by atoms with van der Waals surface area (Å²) in [6.45, 7) is 5.60. The van der Waals surface area contributed by atoms with Gasteiger partial charge in [-0.05, 0) is 56.2 Å². The fraction of sp³-hybridized carbons (Fsp3) is 0.154. The second-order valence-electron chi connectivity index (χ2n) is 8.13. The lowest BCUT2D eigenvalue weighted by atomic mass is 10.0. The molecule has 0 bridgehead atoms. The Morgan fingerprint density at radius 1 is 0.833 bits per heavy atom. The molecule has 0 spiro atoms. The van der Waals surface area contributed by atoms with Crippen LogP contribution in [0.2, 0.25) is 0 Å². The minimum absolute atomic E-state index is 0.363. The third kappa shape index (κ3) is 4.33. The first kappa shape index (κ1) is 19.6. The fourth-order valence-electron chi connectivity index (χ4n) is 3.32. The molecule has 4 rings (SSSR count). The summed E-state index contributed by atoms with van der Waals surface area (Å²) in [7, 11) is 0. The van der Waals surface area contributed by atoms with Gasteiger partial charge in [0.15, 0.2) is 0 Å². The molecule has 1 N–H and O–H groups in total. The second kappa shape index (κ2) is 7.99. The third-order valence-electron chi connectivity index (χ3n) is 4.65. The zero-order valence-electron chi connectivity index (χ0n) is 17.3. The Morgan fingerprint density at radius 2 is 1.60 bits per heavy atom. The van der Waals surface area contributed by atoms with E-state index in [-0.39, 0.29) is 5.97 Å². The fourth-order valence-corrected chi connectivity index (χ4v) is 3.32. The molecule has 0 amide bonds. The summed E-state index contributed by atoms with van der Waals surface area (Å²) in [5.41, 5.74) is 4.36. The van der Waals surface area contributed by atoms with E-state index in [1.165, 1.54) is 0 Å². The van der Waals surface area contributed by atoms with Crippen LogP contribution in [0.1, 0.15) is 31.1 Å². The maximum atomic E-state index is 12.9. The van der Waals surface area contributed by atoms with E-state index in [2.05, 4.69) is 10.3 Å². The average molecular weight is 396 g/mol. The Balaban J connectivity index is 1.81. The number of ether oxygens (including phenoxy) is 1. The molecule has 4 heteroatoms. The van der Waals surface area contributed by atoms with Gasteiger partial charge in [-0.1, -0.05) is 54.6 Å². The standard InChI is InChI=1S/C26H24N2O2/c1-26(2,3)30-25(29)21-15-14-20(18-9-5-4-6-10-18)17-23(21)28-22-13-7-11-19-12-8-16-27-24(19)22/h4-17,28H,1-3H3. The number of pyridine rings is 1. The van der Waals surface area contributed by atoms with E-state index >= 15 is 0 Å². The number of rotatable bonds is 4. The van der Waals surface area contributed by atoms with Crippen LogP contribution in [-0.4, -0.2) is 16.6 Å². The third-order valence-corrected chi connectivity index (χ3v) is 4.65. The number of para-hydroxylation sites is 1. The molecule has 4 aromatic rings. The molecule has 0 aliphatic rings. The molecule has 0 fully saturated rings. The summed E-state index contributed by atoms with van der Waals surface area (Å²) >= 11 is 0. The van der Waals surface area contributed by atoms with Crippen molar-refractivity contribution in [3.63, 3.8) is 0 Å². The number of aromatic nitrogens is 1. The highest BCUT2D eigenvalue weighted by atomic mass is 16.6. The maximum absolute atomic E-state index is 12.9. The molecule has 0 aliphatic carbocycles. The molecule has 150 valence electrons. The van der Waals surface area contributed by atoms with E-state index in [0.29, 0.717) is 11.3 Å². The largest absolute Gasteiger partial charge is 0.456 e. The number of fused-ring (bicyclic) bond motifs is 1. The summed E-state index contributed by atoms with van der Waals surface area (Å²) in [5.74, 6) is -0.363. The maximum Gasteiger partial charge on any atom is 0.340 e. The van der Waals surface area contributed by atoms with Gasteiger partial charge in [0.2, 0.25) is 0 Å². The first-order valence-electron chi connectivity index (χ1n) is 9.94. The normalized spacial score (nSPS) is 11.3. The van der Waals surface area contributed by atoms with Crippen LogP contribution in [0.4, 0.5) is 11.4 Å². The van der Waals surface area contributed by atoms with Gasteiger partial charge in [-0.15, -0.1) is 0 Å². The molecule has 0 saturated heterocycles. The van der Waals surface area contributed by atoms with Gasteiger partial charge in [0, 0.05) is 11.6 Å². The summed E-state index contributed by atoms with van der Waals surface area (Å²) in [5, 5.41) is 4.46. The molecule has 1 aromatic heterocycles. The molecule has 0 atom stereocenters. The van der Waals surface area contributed by atoms with Crippen LogP contribution in [0.25, 0.3) is 22.0 Å². The van der Waals surface area contributed by atoms with E-state index < -0.39 is 5.60 Å². The monoisotopic (exact) mass is 396 g/mol. The molecular formula is C26H24N2O2. The zero-order chi connectivity index (χ0) is 21.1. The molecule has 0 aliphatic heterocycles. The Kier molecular flexibility index (Phi) is 5.23. The Bertz CT molecular complexity index is 1190. The minimum atomic E-state index is -0.576. The van der Waals surface area contributed by atoms with Crippen LogP contribution in [0.3, 0.4) is 0 Å². The number of nitrogens with zero attached hydrogens (tertiary/aromatic N) is 1. The van der Waals surface area contributed by atoms with Gasteiger partial charge in [0.1, 0.15) is 5.60 Å². The Labute approximate surface area is 176 Å². The molecule has 0 radical (unpaired) electrons. The number of hydrogen-bond donors (Lipinski definition) is 1. The van der Waals surface area contributed by atoms with Crippen LogP contribution in [-0.2, 0) is 4.74 Å². The number of benzene rings is 3. The summed E-state index contributed by atoms with van der Waals surface area (Å²) in [6.07, 6.45) is 1.77. The van der Waals surface area contributed by atoms with Crippen LogP contribution in [0.15, 0.2) is 85.1 Å². The van der Waals surface area contributed by atoms with Crippen LogP contribution >= 0.6 is 0 Å². The summed E-state index contributed by atoms with van der Waals surface area (Å²) < 4.78 is 5.64. The quantitative estimate of drug-likeness (QED) is 0.395. The van der Waals surface area contributed by atoms with Crippen molar-refractivity contribution in [1.82, 2.24) is 4.98 Å². The SMILES string of the molecule is CC(C)(C)OC(=O)c1ccc(-c2ccccc2)cc1Nc1cccc2cccnc12. The molecule has 0 unspecified atom stereocenters. The van der Waals surface area contributed by atoms with Gasteiger partial charge in [-0.25, -0.2) is 4.79 Å². The highest BCUT2D eigenvalue weighted by molar-refractivity contribution is 6.00. The predicted molar refractivity (Wildman–Crippen MR) is 122 cm³/mol. The minimum Gasteiger partial charge on any atom is -0.456 e. The van der Waals surface area contributed by atoms with Crippen molar-refractivity contribution in [2.45, 2.75) is 26.4 Å². The molecule has 3 aromatic carbocycles. The molecule has 4 nitrogen and oxygen atoms in total.